The van der Waals surface area contributed by atoms with Crippen molar-refractivity contribution in [3.8, 4) is 5.75 Å². The number of likely N-dealkylation sites (N-methyl/N-ethyl adjacent to an activating group) is 2. The first-order valence-corrected chi connectivity index (χ1v) is 7.62. The molecule has 116 valence electrons. The van der Waals surface area contributed by atoms with Crippen LogP contribution in [0.3, 0.4) is 0 Å². The zero-order chi connectivity index (χ0) is 15.2. The Kier molecular flexibility index (Phi) is 5.76. The Morgan fingerprint density at radius 2 is 1.95 bits per heavy atom. The average molecular weight is 290 g/mol. The lowest BCUT2D eigenvalue weighted by molar-refractivity contribution is -0.120. The lowest BCUT2D eigenvalue weighted by Crippen LogP contribution is -2.50. The number of nitrogens with zero attached hydrogens (tertiary/aromatic N) is 2. The summed E-state index contributed by atoms with van der Waals surface area (Å²) in [5.74, 6) is 1.22. The molecule has 1 aromatic carbocycles. The number of benzene rings is 1. The summed E-state index contributed by atoms with van der Waals surface area (Å²) < 4.78 is 5.14. The molecule has 4 nitrogen and oxygen atoms in total. The molecule has 4 heteroatoms. The Labute approximate surface area is 127 Å². The molecule has 1 unspecified atom stereocenters. The van der Waals surface area contributed by atoms with E-state index in [-0.39, 0.29) is 0 Å². The Hall–Kier alpha value is -1.39. The van der Waals surface area contributed by atoms with Crippen molar-refractivity contribution < 1.29 is 9.53 Å². The van der Waals surface area contributed by atoms with Crippen LogP contribution in [0.25, 0.3) is 0 Å². The molecule has 1 heterocycles. The average Bonchev–Trinajstić information content (AvgIpc) is 2.49. The van der Waals surface area contributed by atoms with Gasteiger partial charge in [0.05, 0.1) is 7.11 Å². The minimum atomic E-state index is 0.359. The summed E-state index contributed by atoms with van der Waals surface area (Å²) in [6.45, 7) is 3.13. The van der Waals surface area contributed by atoms with Crippen LogP contribution >= 0.6 is 0 Å². The van der Waals surface area contributed by atoms with Crippen molar-refractivity contribution in [2.45, 2.75) is 25.3 Å². The topological polar surface area (TPSA) is 32.8 Å². The number of Topliss-reactive ketones (excluding diaryl/α,β-unsaturated/α-hetero) is 1. The van der Waals surface area contributed by atoms with E-state index in [4.69, 9.17) is 4.74 Å². The van der Waals surface area contributed by atoms with Crippen molar-refractivity contribution in [2.75, 3.05) is 40.8 Å². The van der Waals surface area contributed by atoms with Gasteiger partial charge in [-0.1, -0.05) is 12.1 Å². The van der Waals surface area contributed by atoms with Gasteiger partial charge < -0.3 is 14.5 Å². The molecule has 0 bridgehead atoms. The number of piperazine rings is 1. The van der Waals surface area contributed by atoms with Crippen molar-refractivity contribution >= 4 is 5.78 Å². The molecule has 1 fully saturated rings. The molecule has 0 radical (unpaired) electrons. The fourth-order valence-electron chi connectivity index (χ4n) is 2.76. The number of methoxy groups -OCH3 is 1. The minimum absolute atomic E-state index is 0.359. The van der Waals surface area contributed by atoms with E-state index >= 15 is 0 Å². The monoisotopic (exact) mass is 290 g/mol. The van der Waals surface area contributed by atoms with Gasteiger partial charge in [-0.2, -0.15) is 0 Å². The normalized spacial score (nSPS) is 20.4. The number of ether oxygens (including phenoxy) is 1. The van der Waals surface area contributed by atoms with Gasteiger partial charge in [0, 0.05) is 38.5 Å². The minimum Gasteiger partial charge on any atom is -0.497 e. The van der Waals surface area contributed by atoms with E-state index in [2.05, 4.69) is 23.9 Å². The van der Waals surface area contributed by atoms with Crippen molar-refractivity contribution in [2.24, 2.45) is 0 Å². The van der Waals surface area contributed by atoms with Gasteiger partial charge in [0.25, 0.3) is 0 Å². The molecule has 1 saturated heterocycles. The van der Waals surface area contributed by atoms with Crippen LogP contribution in [-0.2, 0) is 11.2 Å². The fraction of sp³-hybridized carbons (Fsp3) is 0.588. The SMILES string of the molecule is COc1ccc(CCC(=O)CC2CN(C)CCN2C)cc1. The molecule has 1 aliphatic rings. The molecule has 0 saturated carbocycles. The predicted octanol–water partition coefficient (Wildman–Crippen LogP) is 1.83. The first-order chi connectivity index (χ1) is 10.1. The van der Waals surface area contributed by atoms with Gasteiger partial charge in [0.1, 0.15) is 11.5 Å². The highest BCUT2D eigenvalue weighted by atomic mass is 16.5. The highest BCUT2D eigenvalue weighted by Crippen LogP contribution is 2.15. The number of rotatable bonds is 6. The zero-order valence-corrected chi connectivity index (χ0v) is 13.3. The highest BCUT2D eigenvalue weighted by Gasteiger charge is 2.24. The summed E-state index contributed by atoms with van der Waals surface area (Å²) in [5, 5.41) is 0. The largest absolute Gasteiger partial charge is 0.497 e. The van der Waals surface area contributed by atoms with Crippen LogP contribution in [0.15, 0.2) is 24.3 Å². The molecule has 0 aliphatic carbocycles. The number of carbonyl (C=O) groups is 1. The van der Waals surface area contributed by atoms with Crippen molar-refractivity contribution in [1.29, 1.82) is 0 Å². The number of carbonyl (C=O) groups excluding carboxylic acids is 1. The number of aryl methyl sites for hydroxylation is 1. The predicted molar refractivity (Wildman–Crippen MR) is 84.9 cm³/mol. The highest BCUT2D eigenvalue weighted by molar-refractivity contribution is 5.79. The lowest BCUT2D eigenvalue weighted by atomic mass is 10.0. The Morgan fingerprint density at radius 1 is 1.24 bits per heavy atom. The summed E-state index contributed by atoms with van der Waals surface area (Å²) in [6.07, 6.45) is 2.10. The summed E-state index contributed by atoms with van der Waals surface area (Å²) >= 11 is 0. The van der Waals surface area contributed by atoms with Gasteiger partial charge in [-0.15, -0.1) is 0 Å². The van der Waals surface area contributed by atoms with E-state index in [1.807, 2.05) is 24.3 Å². The second-order valence-corrected chi connectivity index (χ2v) is 5.99. The van der Waals surface area contributed by atoms with E-state index in [1.165, 1.54) is 5.56 Å². The molecular formula is C17H26N2O2. The van der Waals surface area contributed by atoms with Crippen LogP contribution in [0.1, 0.15) is 18.4 Å². The molecule has 0 N–H and O–H groups in total. The molecule has 0 amide bonds. The van der Waals surface area contributed by atoms with Gasteiger partial charge in [-0.25, -0.2) is 0 Å². The standard InChI is InChI=1S/C17H26N2O2/c1-18-10-11-19(2)15(13-18)12-16(20)7-4-14-5-8-17(21-3)9-6-14/h5-6,8-9,15H,4,7,10-13H2,1-3H3. The van der Waals surface area contributed by atoms with Crippen LogP contribution in [0, 0.1) is 0 Å². The number of ketones is 1. The van der Waals surface area contributed by atoms with Crippen LogP contribution < -0.4 is 4.74 Å². The Bertz CT molecular complexity index is 458. The van der Waals surface area contributed by atoms with Gasteiger partial charge in [0.2, 0.25) is 0 Å². The fourth-order valence-corrected chi connectivity index (χ4v) is 2.76. The zero-order valence-electron chi connectivity index (χ0n) is 13.3. The molecule has 2 rings (SSSR count). The van der Waals surface area contributed by atoms with E-state index in [1.54, 1.807) is 7.11 Å². The summed E-state index contributed by atoms with van der Waals surface area (Å²) in [7, 11) is 5.91. The maximum atomic E-state index is 12.2. The Morgan fingerprint density at radius 3 is 2.62 bits per heavy atom. The summed E-state index contributed by atoms with van der Waals surface area (Å²) in [4.78, 5) is 16.8. The van der Waals surface area contributed by atoms with E-state index in [9.17, 15) is 4.79 Å². The van der Waals surface area contributed by atoms with Crippen molar-refractivity contribution in [3.05, 3.63) is 29.8 Å². The van der Waals surface area contributed by atoms with Crippen molar-refractivity contribution in [3.63, 3.8) is 0 Å². The van der Waals surface area contributed by atoms with Crippen LogP contribution in [-0.4, -0.2) is 62.5 Å². The maximum absolute atomic E-state index is 12.2. The Balaban J connectivity index is 1.78. The molecule has 0 spiro atoms. The quantitative estimate of drug-likeness (QED) is 0.800. The van der Waals surface area contributed by atoms with E-state index < -0.39 is 0 Å². The first kappa shape index (κ1) is 16.0. The third-order valence-electron chi connectivity index (χ3n) is 4.30. The van der Waals surface area contributed by atoms with Gasteiger partial charge in [0.15, 0.2) is 0 Å². The van der Waals surface area contributed by atoms with E-state index in [0.717, 1.165) is 31.8 Å². The van der Waals surface area contributed by atoms with Crippen LogP contribution in [0.2, 0.25) is 0 Å². The molecule has 1 aromatic rings. The lowest BCUT2D eigenvalue weighted by Gasteiger charge is -2.37. The number of hydrogen-bond acceptors (Lipinski definition) is 4. The molecular weight excluding hydrogens is 264 g/mol. The second kappa shape index (κ2) is 7.57. The smallest absolute Gasteiger partial charge is 0.134 e. The van der Waals surface area contributed by atoms with Gasteiger partial charge in [-0.3, -0.25) is 4.79 Å². The maximum Gasteiger partial charge on any atom is 0.134 e. The summed E-state index contributed by atoms with van der Waals surface area (Å²) in [6, 6.07) is 8.33. The van der Waals surface area contributed by atoms with E-state index in [0.29, 0.717) is 24.7 Å². The van der Waals surface area contributed by atoms with Crippen LogP contribution in [0.4, 0.5) is 0 Å². The molecule has 21 heavy (non-hydrogen) atoms. The molecule has 1 atom stereocenters. The third-order valence-corrected chi connectivity index (χ3v) is 4.30. The summed E-state index contributed by atoms with van der Waals surface area (Å²) in [5.41, 5.74) is 1.19. The van der Waals surface area contributed by atoms with Gasteiger partial charge in [-0.05, 0) is 38.2 Å². The van der Waals surface area contributed by atoms with Gasteiger partial charge >= 0.3 is 0 Å². The van der Waals surface area contributed by atoms with Crippen LogP contribution in [0.5, 0.6) is 5.75 Å². The molecule has 0 aromatic heterocycles. The second-order valence-electron chi connectivity index (χ2n) is 5.99. The van der Waals surface area contributed by atoms with Crippen molar-refractivity contribution in [1.82, 2.24) is 9.80 Å². The first-order valence-electron chi connectivity index (χ1n) is 7.62. The molecule has 1 aliphatic heterocycles. The third kappa shape index (κ3) is 4.83. The number of hydrogen-bond donors (Lipinski definition) is 0.